The molecule has 2 amide bonds. The largest absolute Gasteiger partial charge is 0.377 e. The number of primary amides is 1. The van der Waals surface area contributed by atoms with Gasteiger partial charge < -0.3 is 20.7 Å². The molecule has 0 atom stereocenters. The van der Waals surface area contributed by atoms with Gasteiger partial charge in [-0.05, 0) is 50.2 Å². The maximum atomic E-state index is 12.0. The highest BCUT2D eigenvalue weighted by atomic mass is 16.5. The summed E-state index contributed by atoms with van der Waals surface area (Å²) < 4.78 is 7.28. The summed E-state index contributed by atoms with van der Waals surface area (Å²) in [6, 6.07) is 11.0. The van der Waals surface area contributed by atoms with Crippen molar-refractivity contribution in [3.8, 4) is 0 Å². The van der Waals surface area contributed by atoms with Gasteiger partial charge in [0.25, 0.3) is 5.91 Å². The van der Waals surface area contributed by atoms with Gasteiger partial charge in [-0.3, -0.25) is 14.3 Å². The normalized spacial score (nSPS) is 11.0. The summed E-state index contributed by atoms with van der Waals surface area (Å²) >= 11 is 0. The maximum absolute atomic E-state index is 12.0. The third-order valence-corrected chi connectivity index (χ3v) is 4.49. The molecule has 29 heavy (non-hydrogen) atoms. The molecule has 2 heterocycles. The number of nitrogens with two attached hydrogens (primary N) is 1. The summed E-state index contributed by atoms with van der Waals surface area (Å²) in [5, 5.41) is 3.55. The number of pyridine rings is 1. The Hall–Kier alpha value is -3.39. The van der Waals surface area contributed by atoms with E-state index in [0.717, 1.165) is 22.3 Å². The molecule has 0 fully saturated rings. The number of rotatable bonds is 7. The van der Waals surface area contributed by atoms with Crippen molar-refractivity contribution in [3.63, 3.8) is 0 Å². The van der Waals surface area contributed by atoms with Crippen molar-refractivity contribution < 1.29 is 14.3 Å². The number of hydrogen-bond donors (Lipinski definition) is 2. The molecule has 3 aromatic rings. The van der Waals surface area contributed by atoms with Crippen molar-refractivity contribution in [2.45, 2.75) is 20.0 Å². The Morgan fingerprint density at radius 3 is 2.66 bits per heavy atom. The number of carbonyl (C=O) groups is 2. The van der Waals surface area contributed by atoms with E-state index in [1.54, 1.807) is 30.1 Å². The summed E-state index contributed by atoms with van der Waals surface area (Å²) in [6.07, 6.45) is 3.41. The molecule has 8 heteroatoms. The number of aromatic nitrogens is 2. The number of nitrogens with zero attached hydrogens (tertiary/aromatic N) is 3. The van der Waals surface area contributed by atoms with Crippen LogP contribution in [0.3, 0.4) is 0 Å². The van der Waals surface area contributed by atoms with Crippen LogP contribution >= 0.6 is 0 Å². The van der Waals surface area contributed by atoms with Crippen LogP contribution in [-0.2, 0) is 4.74 Å². The van der Waals surface area contributed by atoms with Crippen LogP contribution in [0.5, 0.6) is 0 Å². The number of carbonyl (C=O) groups excluding carboxylic acids is 2. The van der Waals surface area contributed by atoms with Crippen LogP contribution in [-0.4, -0.2) is 47.8 Å². The lowest BCUT2D eigenvalue weighted by molar-refractivity contribution is 0.0851. The predicted molar refractivity (Wildman–Crippen MR) is 113 cm³/mol. The third kappa shape index (κ3) is 4.55. The number of hydrogen-bond acceptors (Lipinski definition) is 5. The Labute approximate surface area is 169 Å². The zero-order valence-electron chi connectivity index (χ0n) is 16.8. The SMILES string of the molecule is CNC(=O)n1ccc2cc(N(CCOC(C)C)c3ccnc(C(N)=O)c3)ccc21. The first kappa shape index (κ1) is 20.3. The number of fused-ring (bicyclic) bond motifs is 1. The van der Waals surface area contributed by atoms with Gasteiger partial charge in [0.05, 0.1) is 18.2 Å². The minimum Gasteiger partial charge on any atom is -0.377 e. The fraction of sp³-hybridized carbons (Fsp3) is 0.286. The minimum absolute atomic E-state index is 0.111. The summed E-state index contributed by atoms with van der Waals surface area (Å²) in [5.74, 6) is -0.580. The van der Waals surface area contributed by atoms with Gasteiger partial charge >= 0.3 is 6.03 Å². The molecule has 0 unspecified atom stereocenters. The number of benzene rings is 1. The van der Waals surface area contributed by atoms with Crippen LogP contribution in [0.1, 0.15) is 24.3 Å². The second-order valence-electron chi connectivity index (χ2n) is 6.82. The average Bonchev–Trinajstić information content (AvgIpc) is 3.13. The molecule has 0 bridgehead atoms. The number of nitrogens with one attached hydrogen (secondary N) is 1. The van der Waals surface area contributed by atoms with Crippen molar-refractivity contribution in [2.75, 3.05) is 25.1 Å². The molecule has 0 spiro atoms. The molecular weight excluding hydrogens is 370 g/mol. The van der Waals surface area contributed by atoms with Crippen LogP contribution < -0.4 is 16.0 Å². The van der Waals surface area contributed by atoms with Crippen molar-refractivity contribution in [3.05, 3.63) is 54.5 Å². The van der Waals surface area contributed by atoms with Gasteiger partial charge in [0.1, 0.15) is 5.69 Å². The Bertz CT molecular complexity index is 1030. The second kappa shape index (κ2) is 8.74. The first-order valence-corrected chi connectivity index (χ1v) is 9.39. The van der Waals surface area contributed by atoms with Gasteiger partial charge in [-0.2, -0.15) is 0 Å². The van der Waals surface area contributed by atoms with Crippen LogP contribution in [0.15, 0.2) is 48.8 Å². The molecule has 0 aliphatic heterocycles. The van der Waals surface area contributed by atoms with E-state index in [-0.39, 0.29) is 17.8 Å². The fourth-order valence-corrected chi connectivity index (χ4v) is 3.10. The molecule has 0 saturated carbocycles. The predicted octanol–water partition coefficient (Wildman–Crippen LogP) is 2.89. The highest BCUT2D eigenvalue weighted by Gasteiger charge is 2.15. The monoisotopic (exact) mass is 395 g/mol. The quantitative estimate of drug-likeness (QED) is 0.640. The first-order valence-electron chi connectivity index (χ1n) is 9.39. The number of amides is 2. The minimum atomic E-state index is -0.580. The number of ether oxygens (including phenoxy) is 1. The van der Waals surface area contributed by atoms with Crippen LogP contribution in [0.25, 0.3) is 10.9 Å². The molecule has 152 valence electrons. The second-order valence-corrected chi connectivity index (χ2v) is 6.82. The molecule has 8 nitrogen and oxygen atoms in total. The van der Waals surface area contributed by atoms with Crippen LogP contribution in [0, 0.1) is 0 Å². The lowest BCUT2D eigenvalue weighted by Gasteiger charge is -2.26. The lowest BCUT2D eigenvalue weighted by atomic mass is 10.2. The summed E-state index contributed by atoms with van der Waals surface area (Å²) in [6.45, 7) is 5.04. The summed E-state index contributed by atoms with van der Waals surface area (Å²) in [4.78, 5) is 29.6. The Morgan fingerprint density at radius 1 is 1.21 bits per heavy atom. The molecule has 0 radical (unpaired) electrons. The van der Waals surface area contributed by atoms with E-state index >= 15 is 0 Å². The summed E-state index contributed by atoms with van der Waals surface area (Å²) in [7, 11) is 1.60. The van der Waals surface area contributed by atoms with Gasteiger partial charge in [0, 0.05) is 42.7 Å². The van der Waals surface area contributed by atoms with Crippen molar-refractivity contribution in [2.24, 2.45) is 5.73 Å². The van der Waals surface area contributed by atoms with Crippen molar-refractivity contribution in [1.29, 1.82) is 0 Å². The smallest absolute Gasteiger partial charge is 0.325 e. The van der Waals surface area contributed by atoms with E-state index in [1.165, 1.54) is 0 Å². The Balaban J connectivity index is 2.00. The van der Waals surface area contributed by atoms with Gasteiger partial charge in [0.15, 0.2) is 0 Å². The molecule has 3 rings (SSSR count). The maximum Gasteiger partial charge on any atom is 0.325 e. The molecule has 0 aliphatic rings. The van der Waals surface area contributed by atoms with E-state index in [0.29, 0.717) is 13.2 Å². The van der Waals surface area contributed by atoms with E-state index in [4.69, 9.17) is 10.5 Å². The van der Waals surface area contributed by atoms with E-state index in [9.17, 15) is 9.59 Å². The van der Waals surface area contributed by atoms with Gasteiger partial charge in [0.2, 0.25) is 0 Å². The molecule has 0 saturated heterocycles. The molecular formula is C21H25N5O3. The Morgan fingerprint density at radius 2 is 1.97 bits per heavy atom. The standard InChI is InChI=1S/C21H25N5O3/c1-14(2)29-11-10-25(17-6-8-24-18(13-17)20(22)27)16-4-5-19-15(12-16)7-9-26(19)21(28)23-3/h4-9,12-14H,10-11H2,1-3H3,(H2,22,27)(H,23,28). The molecule has 0 aliphatic carbocycles. The van der Waals surface area contributed by atoms with E-state index in [1.807, 2.05) is 49.1 Å². The zero-order valence-corrected chi connectivity index (χ0v) is 16.8. The highest BCUT2D eigenvalue weighted by molar-refractivity contribution is 5.94. The number of anilines is 2. The van der Waals surface area contributed by atoms with E-state index < -0.39 is 5.91 Å². The summed E-state index contributed by atoms with van der Waals surface area (Å²) in [5.41, 5.74) is 8.09. The molecule has 3 N–H and O–H groups in total. The van der Waals surface area contributed by atoms with E-state index in [2.05, 4.69) is 10.3 Å². The average molecular weight is 395 g/mol. The topological polar surface area (TPSA) is 102 Å². The third-order valence-electron chi connectivity index (χ3n) is 4.49. The molecule has 2 aromatic heterocycles. The van der Waals surface area contributed by atoms with Crippen LogP contribution in [0.4, 0.5) is 16.2 Å². The fourth-order valence-electron chi connectivity index (χ4n) is 3.10. The van der Waals surface area contributed by atoms with Gasteiger partial charge in [-0.15, -0.1) is 0 Å². The van der Waals surface area contributed by atoms with Crippen molar-refractivity contribution in [1.82, 2.24) is 14.9 Å². The molecule has 1 aromatic carbocycles. The van der Waals surface area contributed by atoms with Crippen molar-refractivity contribution >= 4 is 34.2 Å². The Kier molecular flexibility index (Phi) is 6.13. The van der Waals surface area contributed by atoms with Gasteiger partial charge in [-0.1, -0.05) is 0 Å². The highest BCUT2D eigenvalue weighted by Crippen LogP contribution is 2.29. The zero-order chi connectivity index (χ0) is 21.0. The lowest BCUT2D eigenvalue weighted by Crippen LogP contribution is -2.25. The first-order chi connectivity index (χ1) is 13.9. The van der Waals surface area contributed by atoms with Crippen LogP contribution in [0.2, 0.25) is 0 Å². The van der Waals surface area contributed by atoms with Gasteiger partial charge in [-0.25, -0.2) is 4.79 Å².